The first kappa shape index (κ1) is 10.2. The first-order valence-corrected chi connectivity index (χ1v) is 4.32. The lowest BCUT2D eigenvalue weighted by Gasteiger charge is -2.29. The van der Waals surface area contributed by atoms with Crippen molar-refractivity contribution in [2.45, 2.75) is 25.0 Å². The van der Waals surface area contributed by atoms with Crippen LogP contribution in [-0.4, -0.2) is 36.4 Å². The molecule has 0 aromatic carbocycles. The van der Waals surface area contributed by atoms with Crippen LogP contribution in [0.3, 0.4) is 0 Å². The van der Waals surface area contributed by atoms with E-state index in [1.165, 1.54) is 7.05 Å². The maximum Gasteiger partial charge on any atom is 0.254 e. The van der Waals surface area contributed by atoms with Crippen molar-refractivity contribution in [1.82, 2.24) is 5.32 Å². The van der Waals surface area contributed by atoms with E-state index in [0.29, 0.717) is 13.0 Å². The Morgan fingerprint density at radius 3 is 3.00 bits per heavy atom. The quantitative estimate of drug-likeness (QED) is 0.557. The summed E-state index contributed by atoms with van der Waals surface area (Å²) < 4.78 is 5.24. The summed E-state index contributed by atoms with van der Waals surface area (Å²) in [6.07, 6.45) is 3.38. The summed E-state index contributed by atoms with van der Waals surface area (Å²) in [5, 5.41) is 12.4. The van der Waals surface area contributed by atoms with Crippen LogP contribution in [0.25, 0.3) is 0 Å². The summed E-state index contributed by atoms with van der Waals surface area (Å²) in [5.74, 6) is -0.397. The molecule has 0 saturated carbocycles. The van der Waals surface area contributed by atoms with Gasteiger partial charge in [-0.3, -0.25) is 4.79 Å². The fraction of sp³-hybridized carbons (Fsp3) is 0.667. The number of carbonyl (C=O) groups is 1. The molecular formula is C9H15NO3. The van der Waals surface area contributed by atoms with Gasteiger partial charge in [-0.15, -0.1) is 0 Å². The van der Waals surface area contributed by atoms with Crippen molar-refractivity contribution >= 4 is 5.91 Å². The van der Waals surface area contributed by atoms with Crippen LogP contribution in [0.5, 0.6) is 0 Å². The normalized spacial score (nSPS) is 33.9. The Labute approximate surface area is 77.6 Å². The highest BCUT2D eigenvalue weighted by Crippen LogP contribution is 2.21. The van der Waals surface area contributed by atoms with Crippen LogP contribution >= 0.6 is 0 Å². The number of amides is 1. The van der Waals surface area contributed by atoms with Crippen molar-refractivity contribution in [3.63, 3.8) is 0 Å². The topological polar surface area (TPSA) is 58.6 Å². The Balaban J connectivity index is 2.83. The Hall–Kier alpha value is -0.870. The van der Waals surface area contributed by atoms with Crippen LogP contribution in [0.4, 0.5) is 0 Å². The lowest BCUT2D eigenvalue weighted by atomic mass is 9.93. The molecule has 0 fully saturated rings. The fourth-order valence-corrected chi connectivity index (χ4v) is 1.33. The molecule has 2 N–H and O–H groups in total. The molecule has 0 unspecified atom stereocenters. The lowest BCUT2D eigenvalue weighted by Crippen LogP contribution is -2.53. The predicted octanol–water partition coefficient (Wildman–Crippen LogP) is -0.172. The van der Waals surface area contributed by atoms with Crippen LogP contribution in [0.1, 0.15) is 13.3 Å². The van der Waals surface area contributed by atoms with E-state index in [1.807, 2.05) is 0 Å². The summed E-state index contributed by atoms with van der Waals surface area (Å²) in [6, 6.07) is 0. The van der Waals surface area contributed by atoms with Crippen LogP contribution in [-0.2, 0) is 9.53 Å². The van der Waals surface area contributed by atoms with Crippen molar-refractivity contribution in [2.75, 3.05) is 13.7 Å². The summed E-state index contributed by atoms with van der Waals surface area (Å²) >= 11 is 0. The molecule has 1 aliphatic rings. The molecule has 0 saturated heterocycles. The molecule has 0 aliphatic carbocycles. The molecule has 13 heavy (non-hydrogen) atoms. The number of hydrogen-bond donors (Lipinski definition) is 2. The SMILES string of the molecule is CNC(=O)[C@]1(O)CC=CCO[C@H]1C. The standard InChI is InChI=1S/C9H15NO3/c1-7-9(12,8(11)10-2)5-3-4-6-13-7/h3-4,7,12H,5-6H2,1-2H3,(H,10,11)/t7-,9-/m0/s1. The van der Waals surface area contributed by atoms with Crippen LogP contribution < -0.4 is 5.32 Å². The zero-order valence-electron chi connectivity index (χ0n) is 7.91. The van der Waals surface area contributed by atoms with Gasteiger partial charge in [0.15, 0.2) is 5.60 Å². The summed E-state index contributed by atoms with van der Waals surface area (Å²) in [5.41, 5.74) is -1.43. The minimum atomic E-state index is -1.43. The second-order valence-electron chi connectivity index (χ2n) is 3.15. The predicted molar refractivity (Wildman–Crippen MR) is 48.2 cm³/mol. The first-order chi connectivity index (χ1) is 6.11. The van der Waals surface area contributed by atoms with Gasteiger partial charge in [0, 0.05) is 13.5 Å². The highest BCUT2D eigenvalue weighted by Gasteiger charge is 2.41. The summed E-state index contributed by atoms with van der Waals surface area (Å²) in [7, 11) is 1.50. The molecule has 0 radical (unpaired) electrons. The molecule has 1 rings (SSSR count). The van der Waals surface area contributed by atoms with E-state index in [1.54, 1.807) is 19.1 Å². The second kappa shape index (κ2) is 3.89. The number of nitrogens with one attached hydrogen (secondary N) is 1. The van der Waals surface area contributed by atoms with Gasteiger partial charge in [-0.1, -0.05) is 12.2 Å². The number of ether oxygens (including phenoxy) is 1. The molecule has 2 atom stereocenters. The molecule has 1 heterocycles. The van der Waals surface area contributed by atoms with E-state index in [9.17, 15) is 9.90 Å². The van der Waals surface area contributed by atoms with Gasteiger partial charge < -0.3 is 15.2 Å². The van der Waals surface area contributed by atoms with Crippen molar-refractivity contribution in [3.8, 4) is 0 Å². The number of carbonyl (C=O) groups excluding carboxylic acids is 1. The van der Waals surface area contributed by atoms with Gasteiger partial charge in [0.2, 0.25) is 0 Å². The van der Waals surface area contributed by atoms with Gasteiger partial charge in [-0.2, -0.15) is 0 Å². The molecular weight excluding hydrogens is 170 g/mol. The average Bonchev–Trinajstić information content (AvgIpc) is 2.29. The number of aliphatic hydroxyl groups is 1. The number of likely N-dealkylation sites (N-methyl/N-ethyl adjacent to an activating group) is 1. The van der Waals surface area contributed by atoms with Crippen LogP contribution in [0.15, 0.2) is 12.2 Å². The summed E-state index contributed by atoms with van der Waals surface area (Å²) in [4.78, 5) is 11.4. The molecule has 0 aromatic heterocycles. The zero-order valence-corrected chi connectivity index (χ0v) is 7.91. The Bertz CT molecular complexity index is 227. The maximum absolute atomic E-state index is 11.4. The molecule has 0 spiro atoms. The van der Waals surface area contributed by atoms with Gasteiger partial charge in [0.05, 0.1) is 12.7 Å². The maximum atomic E-state index is 11.4. The van der Waals surface area contributed by atoms with E-state index in [2.05, 4.69) is 5.32 Å². The summed E-state index contributed by atoms with van der Waals surface area (Å²) in [6.45, 7) is 2.14. The van der Waals surface area contributed by atoms with E-state index in [4.69, 9.17) is 4.74 Å². The van der Waals surface area contributed by atoms with Gasteiger partial charge in [0.25, 0.3) is 5.91 Å². The average molecular weight is 185 g/mol. The van der Waals surface area contributed by atoms with E-state index in [-0.39, 0.29) is 0 Å². The van der Waals surface area contributed by atoms with Gasteiger partial charge in [0.1, 0.15) is 0 Å². The molecule has 1 amide bonds. The van der Waals surface area contributed by atoms with E-state index < -0.39 is 17.6 Å². The van der Waals surface area contributed by atoms with Gasteiger partial charge in [-0.25, -0.2) is 0 Å². The third-order valence-corrected chi connectivity index (χ3v) is 2.33. The minimum absolute atomic E-state index is 0.299. The largest absolute Gasteiger partial charge is 0.377 e. The second-order valence-corrected chi connectivity index (χ2v) is 3.15. The van der Waals surface area contributed by atoms with Crippen molar-refractivity contribution in [1.29, 1.82) is 0 Å². The van der Waals surface area contributed by atoms with Crippen LogP contribution in [0, 0.1) is 0 Å². The van der Waals surface area contributed by atoms with Crippen LogP contribution in [0.2, 0.25) is 0 Å². The molecule has 1 aliphatic heterocycles. The van der Waals surface area contributed by atoms with E-state index >= 15 is 0 Å². The molecule has 4 heteroatoms. The first-order valence-electron chi connectivity index (χ1n) is 4.32. The zero-order chi connectivity index (χ0) is 9.90. The Morgan fingerprint density at radius 1 is 1.69 bits per heavy atom. The van der Waals surface area contributed by atoms with Gasteiger partial charge in [-0.05, 0) is 6.92 Å². The monoisotopic (exact) mass is 185 g/mol. The van der Waals surface area contributed by atoms with E-state index in [0.717, 1.165) is 0 Å². The third-order valence-electron chi connectivity index (χ3n) is 2.33. The number of rotatable bonds is 1. The Morgan fingerprint density at radius 2 is 2.38 bits per heavy atom. The van der Waals surface area contributed by atoms with Crippen molar-refractivity contribution < 1.29 is 14.6 Å². The fourth-order valence-electron chi connectivity index (χ4n) is 1.33. The Kier molecular flexibility index (Phi) is 3.06. The molecule has 4 nitrogen and oxygen atoms in total. The van der Waals surface area contributed by atoms with Crippen molar-refractivity contribution in [3.05, 3.63) is 12.2 Å². The highest BCUT2D eigenvalue weighted by molar-refractivity contribution is 5.85. The van der Waals surface area contributed by atoms with Crippen molar-refractivity contribution in [2.24, 2.45) is 0 Å². The lowest BCUT2D eigenvalue weighted by molar-refractivity contribution is -0.154. The smallest absolute Gasteiger partial charge is 0.254 e. The molecule has 74 valence electrons. The number of hydrogen-bond acceptors (Lipinski definition) is 3. The highest BCUT2D eigenvalue weighted by atomic mass is 16.5. The molecule has 0 bridgehead atoms. The van der Waals surface area contributed by atoms with Gasteiger partial charge >= 0.3 is 0 Å². The minimum Gasteiger partial charge on any atom is -0.377 e. The molecule has 0 aromatic rings. The third kappa shape index (κ3) is 1.89.